The van der Waals surface area contributed by atoms with E-state index in [2.05, 4.69) is 4.98 Å². The molecule has 1 aromatic carbocycles. The predicted octanol–water partition coefficient (Wildman–Crippen LogP) is 3.69. The number of carbonyl (C=O) groups is 1. The lowest BCUT2D eigenvalue weighted by Gasteiger charge is -2.31. The normalized spacial score (nSPS) is 14.9. The number of likely N-dealkylation sites (tertiary alicyclic amines) is 1. The number of furan rings is 1. The van der Waals surface area contributed by atoms with Gasteiger partial charge in [0.25, 0.3) is 0 Å². The second-order valence-corrected chi connectivity index (χ2v) is 9.02. The van der Waals surface area contributed by atoms with Crippen LogP contribution < -0.4 is 4.87 Å². The first-order chi connectivity index (χ1) is 16.5. The van der Waals surface area contributed by atoms with Crippen LogP contribution in [-0.2, 0) is 11.5 Å². The first-order valence-corrected chi connectivity index (χ1v) is 11.6. The Kier molecular flexibility index (Phi) is 5.84. The molecule has 1 saturated heterocycles. The fourth-order valence-electron chi connectivity index (χ4n) is 4.25. The fraction of sp³-hybridized carbons (Fsp3) is 0.261. The highest BCUT2D eigenvalue weighted by Gasteiger charge is 2.26. The average Bonchev–Trinajstić information content (AvgIpc) is 3.57. The predicted molar refractivity (Wildman–Crippen MR) is 127 cm³/mol. The van der Waals surface area contributed by atoms with E-state index in [4.69, 9.17) is 4.42 Å². The van der Waals surface area contributed by atoms with Crippen molar-refractivity contribution in [1.82, 2.24) is 19.0 Å². The molecule has 0 spiro atoms. The Labute approximate surface area is 197 Å². The molecule has 11 heteroatoms. The monoisotopic (exact) mass is 479 g/mol. The molecule has 0 aliphatic carbocycles. The Balaban J connectivity index is 1.23. The van der Waals surface area contributed by atoms with Gasteiger partial charge in [-0.15, -0.1) is 0 Å². The largest absolute Gasteiger partial charge is 0.433 e. The summed E-state index contributed by atoms with van der Waals surface area (Å²) in [5, 5.41) is 10.7. The van der Waals surface area contributed by atoms with Gasteiger partial charge in [-0.25, -0.2) is 4.98 Å². The number of para-hydroxylation sites is 1. The summed E-state index contributed by atoms with van der Waals surface area (Å²) in [6.07, 6.45) is 7.95. The van der Waals surface area contributed by atoms with Crippen molar-refractivity contribution in [3.8, 4) is 0 Å². The number of thiazole rings is 1. The van der Waals surface area contributed by atoms with Crippen LogP contribution in [0.15, 0.2) is 64.1 Å². The highest BCUT2D eigenvalue weighted by molar-refractivity contribution is 7.16. The summed E-state index contributed by atoms with van der Waals surface area (Å²) in [6, 6.07) is 10.5. The van der Waals surface area contributed by atoms with E-state index in [1.54, 1.807) is 15.7 Å². The SMILES string of the molecule is O=C(C=Cc1ccc([N+](=O)[O-])o1)N1CCC(c2nccn2Cn2c(=O)sc3ccccc32)CC1. The van der Waals surface area contributed by atoms with Crippen LogP contribution in [0.25, 0.3) is 16.3 Å². The quantitative estimate of drug-likeness (QED) is 0.237. The van der Waals surface area contributed by atoms with E-state index in [9.17, 15) is 19.7 Å². The van der Waals surface area contributed by atoms with Crippen LogP contribution in [0.1, 0.15) is 30.3 Å². The van der Waals surface area contributed by atoms with Crippen molar-refractivity contribution < 1.29 is 14.1 Å². The number of hydrogen-bond acceptors (Lipinski definition) is 7. The zero-order valence-electron chi connectivity index (χ0n) is 18.1. The number of aromatic nitrogens is 3. The number of hydrogen-bond donors (Lipinski definition) is 0. The first kappa shape index (κ1) is 21.8. The van der Waals surface area contributed by atoms with Crippen molar-refractivity contribution in [3.05, 3.63) is 86.2 Å². The second-order valence-electron chi connectivity index (χ2n) is 8.03. The first-order valence-electron chi connectivity index (χ1n) is 10.8. The maximum Gasteiger partial charge on any atom is 0.433 e. The van der Waals surface area contributed by atoms with Crippen molar-refractivity contribution in [1.29, 1.82) is 0 Å². The molecule has 1 aliphatic heterocycles. The molecule has 4 aromatic rings. The number of rotatable bonds is 6. The van der Waals surface area contributed by atoms with E-state index in [0.29, 0.717) is 19.8 Å². The molecule has 0 unspecified atom stereocenters. The Morgan fingerprint density at radius 3 is 2.79 bits per heavy atom. The topological polar surface area (TPSA) is 116 Å². The van der Waals surface area contributed by atoms with Crippen molar-refractivity contribution >= 4 is 39.4 Å². The van der Waals surface area contributed by atoms with Crippen molar-refractivity contribution in [2.24, 2.45) is 0 Å². The number of nitro groups is 1. The van der Waals surface area contributed by atoms with Gasteiger partial charge < -0.3 is 13.9 Å². The number of carbonyl (C=O) groups excluding carboxylic acids is 1. The van der Waals surface area contributed by atoms with Gasteiger partial charge in [-0.1, -0.05) is 23.5 Å². The third-order valence-electron chi connectivity index (χ3n) is 5.97. The lowest BCUT2D eigenvalue weighted by molar-refractivity contribution is -0.402. The zero-order chi connectivity index (χ0) is 23.7. The van der Waals surface area contributed by atoms with Crippen LogP contribution >= 0.6 is 11.3 Å². The van der Waals surface area contributed by atoms with Gasteiger partial charge in [-0.05, 0) is 37.1 Å². The van der Waals surface area contributed by atoms with Crippen molar-refractivity contribution in [2.45, 2.75) is 25.4 Å². The number of benzene rings is 1. The molecular formula is C23H21N5O5S. The Morgan fingerprint density at radius 1 is 1.24 bits per heavy atom. The molecule has 1 aliphatic rings. The van der Waals surface area contributed by atoms with E-state index in [0.717, 1.165) is 28.9 Å². The smallest absolute Gasteiger partial charge is 0.401 e. The van der Waals surface area contributed by atoms with E-state index in [1.165, 1.54) is 35.6 Å². The summed E-state index contributed by atoms with van der Waals surface area (Å²) < 4.78 is 9.77. The molecule has 3 aromatic heterocycles. The minimum Gasteiger partial charge on any atom is -0.401 e. The number of nitrogens with zero attached hydrogens (tertiary/aromatic N) is 5. The number of fused-ring (bicyclic) bond motifs is 1. The van der Waals surface area contributed by atoms with Crippen LogP contribution in [0.2, 0.25) is 0 Å². The van der Waals surface area contributed by atoms with Gasteiger partial charge in [0.1, 0.15) is 23.2 Å². The van der Waals surface area contributed by atoms with E-state index in [1.807, 2.05) is 35.0 Å². The molecule has 0 atom stereocenters. The summed E-state index contributed by atoms with van der Waals surface area (Å²) in [7, 11) is 0. The van der Waals surface area contributed by atoms with Gasteiger partial charge in [-0.3, -0.25) is 24.3 Å². The van der Waals surface area contributed by atoms with Crippen molar-refractivity contribution in [2.75, 3.05) is 13.1 Å². The zero-order valence-corrected chi connectivity index (χ0v) is 18.9. The van der Waals surface area contributed by atoms with E-state index in [-0.39, 0.29) is 28.3 Å². The van der Waals surface area contributed by atoms with Crippen LogP contribution in [0.5, 0.6) is 0 Å². The molecule has 0 bridgehead atoms. The highest BCUT2D eigenvalue weighted by Crippen LogP contribution is 2.28. The molecule has 1 amide bonds. The fourth-order valence-corrected chi connectivity index (χ4v) is 5.13. The van der Waals surface area contributed by atoms with Gasteiger partial charge >= 0.3 is 10.8 Å². The minimum atomic E-state index is -0.620. The highest BCUT2D eigenvalue weighted by atomic mass is 32.1. The molecule has 34 heavy (non-hydrogen) atoms. The summed E-state index contributed by atoms with van der Waals surface area (Å²) in [5.41, 5.74) is 0.909. The van der Waals surface area contributed by atoms with Crippen LogP contribution in [-0.4, -0.2) is 42.9 Å². The molecule has 5 rings (SSSR count). The lowest BCUT2D eigenvalue weighted by atomic mass is 9.96. The molecule has 4 heterocycles. The maximum absolute atomic E-state index is 12.6. The van der Waals surface area contributed by atoms with Gasteiger partial charge in [0, 0.05) is 37.5 Å². The Bertz CT molecular complexity index is 1440. The van der Waals surface area contributed by atoms with E-state index < -0.39 is 4.92 Å². The Hall–Kier alpha value is -3.99. The average molecular weight is 480 g/mol. The van der Waals surface area contributed by atoms with Gasteiger partial charge in [0.15, 0.2) is 0 Å². The van der Waals surface area contributed by atoms with Crippen LogP contribution in [0.3, 0.4) is 0 Å². The molecule has 0 saturated carbocycles. The third kappa shape index (κ3) is 4.29. The molecule has 10 nitrogen and oxygen atoms in total. The standard InChI is InChI=1S/C23H21N5O5S/c29-20(7-5-17-6-8-21(33-17)28(31)32)25-12-9-16(10-13-25)22-24-11-14-26(22)15-27-18-3-1-2-4-19(18)34-23(27)30/h1-8,11,14,16H,9-10,12-13,15H2. The summed E-state index contributed by atoms with van der Waals surface area (Å²) >= 11 is 1.23. The number of imidazole rings is 1. The maximum atomic E-state index is 12.6. The molecule has 0 radical (unpaired) electrons. The van der Waals surface area contributed by atoms with Gasteiger partial charge in [0.2, 0.25) is 5.91 Å². The van der Waals surface area contributed by atoms with Gasteiger partial charge in [0.05, 0.1) is 16.3 Å². The summed E-state index contributed by atoms with van der Waals surface area (Å²) in [4.78, 5) is 41.5. The van der Waals surface area contributed by atoms with E-state index >= 15 is 0 Å². The molecular weight excluding hydrogens is 458 g/mol. The second kappa shape index (κ2) is 9.10. The lowest BCUT2D eigenvalue weighted by Crippen LogP contribution is -2.37. The molecule has 1 fully saturated rings. The summed E-state index contributed by atoms with van der Waals surface area (Å²) in [5.74, 6) is 0.815. The minimum absolute atomic E-state index is 0.00468. The van der Waals surface area contributed by atoms with Crippen LogP contribution in [0.4, 0.5) is 5.88 Å². The number of piperidine rings is 1. The third-order valence-corrected chi connectivity index (χ3v) is 6.93. The number of amides is 1. The van der Waals surface area contributed by atoms with Crippen LogP contribution in [0, 0.1) is 10.1 Å². The van der Waals surface area contributed by atoms with Crippen molar-refractivity contribution in [3.63, 3.8) is 0 Å². The Morgan fingerprint density at radius 2 is 2.03 bits per heavy atom. The molecule has 0 N–H and O–H groups in total. The molecule has 174 valence electrons. The van der Waals surface area contributed by atoms with Gasteiger partial charge in [-0.2, -0.15) is 0 Å². The summed E-state index contributed by atoms with van der Waals surface area (Å²) in [6.45, 7) is 1.54.